The van der Waals surface area contributed by atoms with E-state index in [0.29, 0.717) is 19.4 Å². The van der Waals surface area contributed by atoms with Gasteiger partial charge in [0.25, 0.3) is 0 Å². The zero-order valence-electron chi connectivity index (χ0n) is 63.1. The molecule has 0 spiro atoms. The smallest absolute Gasteiger partial charge is 0.305 e. The lowest BCUT2D eigenvalue weighted by Crippen LogP contribution is -2.45. The number of carbonyl (C=O) groups excluding carboxylic acids is 2. The lowest BCUT2D eigenvalue weighted by molar-refractivity contribution is -0.143. The standard InChI is InChI=1S/C86H169NO5/c1-3-5-7-9-11-13-15-17-19-21-23-24-25-33-36-39-43-46-50-54-58-62-66-70-74-78-84(89)83(82-88)87-85(90)79-75-71-67-63-59-55-51-47-44-40-37-34-31-29-27-26-28-30-32-35-38-41-45-49-53-57-61-65-69-73-77-81-92-86(91)80-76-72-68-64-60-56-52-48-42-22-20-18-16-14-12-10-8-6-4-2/h74,78,83-84,88-89H,3-73,75-77,79-82H2,1-2H3,(H,87,90)/b78-74+. The molecule has 0 heterocycles. The molecule has 0 aromatic heterocycles. The molecule has 6 nitrogen and oxygen atoms in total. The summed E-state index contributed by atoms with van der Waals surface area (Å²) in [5.41, 5.74) is 0. The average Bonchev–Trinajstić information content (AvgIpc) is 3.76. The maximum Gasteiger partial charge on any atom is 0.305 e. The van der Waals surface area contributed by atoms with Gasteiger partial charge in [0, 0.05) is 12.8 Å². The first-order valence-corrected chi connectivity index (χ1v) is 43.0. The Morgan fingerprint density at radius 1 is 0.293 bits per heavy atom. The second-order valence-electron chi connectivity index (χ2n) is 29.9. The molecule has 0 aliphatic carbocycles. The molecule has 0 saturated carbocycles. The van der Waals surface area contributed by atoms with Gasteiger partial charge >= 0.3 is 5.97 Å². The fourth-order valence-electron chi connectivity index (χ4n) is 14.1. The molecule has 0 aliphatic heterocycles. The SMILES string of the molecule is CCCCCCCCCCCCCCCCCCCCCCCCC/C=C/C(O)C(CO)NC(=O)CCCCCCCCCCCCCCCCCCCCCCCCCCCCCCCCCOC(=O)CCCCCCCCCCCCCCCCCCCCC. The summed E-state index contributed by atoms with van der Waals surface area (Å²) < 4.78 is 5.53. The molecule has 2 unspecified atom stereocenters. The molecule has 0 bridgehead atoms. The van der Waals surface area contributed by atoms with Crippen LogP contribution in [0, 0.1) is 0 Å². The van der Waals surface area contributed by atoms with Gasteiger partial charge in [0.2, 0.25) is 5.91 Å². The minimum Gasteiger partial charge on any atom is -0.466 e. The van der Waals surface area contributed by atoms with Crippen LogP contribution in [-0.2, 0) is 14.3 Å². The number of aliphatic hydroxyl groups excluding tert-OH is 2. The van der Waals surface area contributed by atoms with Gasteiger partial charge in [-0.3, -0.25) is 9.59 Å². The maximum atomic E-state index is 12.6. The van der Waals surface area contributed by atoms with Gasteiger partial charge in [0.15, 0.2) is 0 Å². The van der Waals surface area contributed by atoms with Gasteiger partial charge in [-0.2, -0.15) is 0 Å². The lowest BCUT2D eigenvalue weighted by atomic mass is 10.0. The predicted octanol–water partition coefficient (Wildman–Crippen LogP) is 28.6. The monoisotopic (exact) mass is 1300 g/mol. The predicted molar refractivity (Wildman–Crippen MR) is 407 cm³/mol. The molecule has 0 rings (SSSR count). The maximum absolute atomic E-state index is 12.6. The molecule has 0 radical (unpaired) electrons. The number of rotatable bonds is 82. The van der Waals surface area contributed by atoms with E-state index in [9.17, 15) is 19.8 Å². The Hall–Kier alpha value is -1.40. The van der Waals surface area contributed by atoms with Crippen LogP contribution in [0.15, 0.2) is 12.2 Å². The Morgan fingerprint density at radius 2 is 0.500 bits per heavy atom. The highest BCUT2D eigenvalue weighted by atomic mass is 16.5. The molecule has 0 aliphatic rings. The van der Waals surface area contributed by atoms with Crippen LogP contribution in [-0.4, -0.2) is 47.4 Å². The summed E-state index contributed by atoms with van der Waals surface area (Å²) in [4.78, 5) is 24.7. The Kier molecular flexibility index (Phi) is 80.8. The van der Waals surface area contributed by atoms with Crippen molar-refractivity contribution >= 4 is 11.9 Å². The van der Waals surface area contributed by atoms with Crippen LogP contribution >= 0.6 is 0 Å². The summed E-state index contributed by atoms with van der Waals surface area (Å²) in [7, 11) is 0. The number of carbonyl (C=O) groups is 2. The van der Waals surface area contributed by atoms with Gasteiger partial charge in [-0.25, -0.2) is 0 Å². The number of allylic oxidation sites excluding steroid dienone is 1. The lowest BCUT2D eigenvalue weighted by Gasteiger charge is -2.20. The van der Waals surface area contributed by atoms with Crippen molar-refractivity contribution in [2.45, 2.75) is 514 Å². The molecule has 3 N–H and O–H groups in total. The van der Waals surface area contributed by atoms with Crippen LogP contribution in [0.5, 0.6) is 0 Å². The van der Waals surface area contributed by atoms with Gasteiger partial charge in [0.1, 0.15) is 0 Å². The van der Waals surface area contributed by atoms with Gasteiger partial charge in [0.05, 0.1) is 25.4 Å². The van der Waals surface area contributed by atoms with Crippen LogP contribution < -0.4 is 5.32 Å². The van der Waals surface area contributed by atoms with Gasteiger partial charge < -0.3 is 20.3 Å². The van der Waals surface area contributed by atoms with Crippen molar-refractivity contribution in [1.29, 1.82) is 0 Å². The average molecular weight is 1300 g/mol. The van der Waals surface area contributed by atoms with E-state index in [1.807, 2.05) is 6.08 Å². The molecule has 92 heavy (non-hydrogen) atoms. The number of hydrogen-bond donors (Lipinski definition) is 3. The molecule has 1 amide bonds. The highest BCUT2D eigenvalue weighted by molar-refractivity contribution is 5.76. The van der Waals surface area contributed by atoms with Crippen LogP contribution in [0.4, 0.5) is 0 Å². The topological polar surface area (TPSA) is 95.9 Å². The molecule has 0 saturated heterocycles. The van der Waals surface area contributed by atoms with Crippen LogP contribution in [0.1, 0.15) is 502 Å². The van der Waals surface area contributed by atoms with E-state index >= 15 is 0 Å². The third-order valence-electron chi connectivity index (χ3n) is 20.6. The number of hydrogen-bond acceptors (Lipinski definition) is 5. The third-order valence-corrected chi connectivity index (χ3v) is 20.6. The number of esters is 1. The Bertz CT molecular complexity index is 1400. The summed E-state index contributed by atoms with van der Waals surface area (Å²) in [6.07, 6.45) is 105. The molecule has 6 heteroatoms. The molecular formula is C86H169NO5. The molecular weight excluding hydrogens is 1130 g/mol. The quantitative estimate of drug-likeness (QED) is 0.0320. The highest BCUT2D eigenvalue weighted by Gasteiger charge is 2.18. The van der Waals surface area contributed by atoms with Crippen molar-refractivity contribution in [3.05, 3.63) is 12.2 Å². The van der Waals surface area contributed by atoms with Gasteiger partial charge in [-0.1, -0.05) is 469 Å². The molecule has 2 atom stereocenters. The molecule has 0 fully saturated rings. The van der Waals surface area contributed by atoms with E-state index in [1.165, 1.54) is 437 Å². The number of ether oxygens (including phenoxy) is 1. The van der Waals surface area contributed by atoms with Gasteiger partial charge in [-0.15, -0.1) is 0 Å². The number of amides is 1. The van der Waals surface area contributed by atoms with Crippen LogP contribution in [0.25, 0.3) is 0 Å². The Morgan fingerprint density at radius 3 is 0.739 bits per heavy atom. The fourth-order valence-corrected chi connectivity index (χ4v) is 14.1. The van der Waals surface area contributed by atoms with E-state index in [4.69, 9.17) is 4.74 Å². The van der Waals surface area contributed by atoms with E-state index in [2.05, 4.69) is 19.2 Å². The van der Waals surface area contributed by atoms with Crippen molar-refractivity contribution in [2.75, 3.05) is 13.2 Å². The van der Waals surface area contributed by atoms with Crippen molar-refractivity contribution in [3.63, 3.8) is 0 Å². The first-order chi connectivity index (χ1) is 45.5. The van der Waals surface area contributed by atoms with Crippen molar-refractivity contribution in [1.82, 2.24) is 5.32 Å². The van der Waals surface area contributed by atoms with E-state index in [0.717, 1.165) is 38.5 Å². The van der Waals surface area contributed by atoms with E-state index in [1.54, 1.807) is 6.08 Å². The molecule has 0 aromatic rings. The first kappa shape index (κ1) is 90.6. The Balaban J connectivity index is 3.33. The normalized spacial score (nSPS) is 12.4. The number of nitrogens with one attached hydrogen (secondary N) is 1. The van der Waals surface area contributed by atoms with Crippen molar-refractivity contribution < 1.29 is 24.5 Å². The summed E-state index contributed by atoms with van der Waals surface area (Å²) >= 11 is 0. The minimum absolute atomic E-state index is 0.0268. The fraction of sp³-hybridized carbons (Fsp3) is 0.953. The number of aliphatic hydroxyl groups is 2. The van der Waals surface area contributed by atoms with E-state index < -0.39 is 12.1 Å². The summed E-state index contributed by atoms with van der Waals surface area (Å²) in [5, 5.41) is 23.3. The molecule has 0 aromatic carbocycles. The second-order valence-corrected chi connectivity index (χ2v) is 29.9. The third kappa shape index (κ3) is 77.6. The Labute approximate surface area is 578 Å². The highest BCUT2D eigenvalue weighted by Crippen LogP contribution is 2.21. The van der Waals surface area contributed by atoms with Crippen LogP contribution in [0.2, 0.25) is 0 Å². The van der Waals surface area contributed by atoms with Crippen molar-refractivity contribution in [3.8, 4) is 0 Å². The van der Waals surface area contributed by atoms with Crippen molar-refractivity contribution in [2.24, 2.45) is 0 Å². The minimum atomic E-state index is -0.843. The second kappa shape index (κ2) is 82.0. The molecule has 548 valence electrons. The summed E-state index contributed by atoms with van der Waals surface area (Å²) in [6, 6.07) is -0.626. The first-order valence-electron chi connectivity index (χ1n) is 43.0. The zero-order chi connectivity index (χ0) is 66.3. The summed E-state index contributed by atoms with van der Waals surface area (Å²) in [5.74, 6) is -0.0306. The van der Waals surface area contributed by atoms with Gasteiger partial charge in [-0.05, 0) is 32.1 Å². The van der Waals surface area contributed by atoms with E-state index in [-0.39, 0.29) is 18.5 Å². The number of unbranched alkanes of at least 4 members (excludes halogenated alkanes) is 71. The zero-order valence-corrected chi connectivity index (χ0v) is 63.1. The van der Waals surface area contributed by atoms with Crippen LogP contribution in [0.3, 0.4) is 0 Å². The summed E-state index contributed by atoms with van der Waals surface area (Å²) in [6.45, 7) is 4.98. The largest absolute Gasteiger partial charge is 0.466 e.